The van der Waals surface area contributed by atoms with Gasteiger partial charge in [-0.2, -0.15) is 0 Å². The number of nitrogens with two attached hydrogens (primary N) is 1. The molecule has 0 atom stereocenters. The third-order valence-corrected chi connectivity index (χ3v) is 2.58. The molecule has 0 saturated heterocycles. The summed E-state index contributed by atoms with van der Waals surface area (Å²) in [5.41, 5.74) is 7.48. The number of hydrogen-bond acceptors (Lipinski definition) is 3. The molecule has 4 nitrogen and oxygen atoms in total. The van der Waals surface area contributed by atoms with Gasteiger partial charge >= 0.3 is 0 Å². The van der Waals surface area contributed by atoms with Crippen LogP contribution in [0.2, 0.25) is 0 Å². The summed E-state index contributed by atoms with van der Waals surface area (Å²) in [6.45, 7) is 2.34. The average Bonchev–Trinajstić information content (AvgIpc) is 2.40. The lowest BCUT2D eigenvalue weighted by atomic mass is 10.1. The highest BCUT2D eigenvalue weighted by Gasteiger charge is 2.12. The fourth-order valence-corrected chi connectivity index (χ4v) is 1.72. The van der Waals surface area contributed by atoms with Gasteiger partial charge < -0.3 is 15.8 Å². The second-order valence-electron chi connectivity index (χ2n) is 4.01. The van der Waals surface area contributed by atoms with E-state index in [4.69, 9.17) is 10.5 Å². The highest BCUT2D eigenvalue weighted by atomic mass is 16.5. The van der Waals surface area contributed by atoms with Gasteiger partial charge in [0.2, 0.25) is 0 Å². The minimum Gasteiger partial charge on any atom is -0.493 e. The second-order valence-corrected chi connectivity index (χ2v) is 4.01. The molecule has 0 saturated carbocycles. The van der Waals surface area contributed by atoms with E-state index in [9.17, 15) is 4.79 Å². The van der Waals surface area contributed by atoms with Crippen LogP contribution in [0.5, 0.6) is 5.75 Å². The van der Waals surface area contributed by atoms with Crippen LogP contribution < -0.4 is 15.8 Å². The zero-order valence-electron chi connectivity index (χ0n) is 10.7. The van der Waals surface area contributed by atoms with E-state index in [1.165, 1.54) is 0 Å². The van der Waals surface area contributed by atoms with E-state index in [1.54, 1.807) is 18.2 Å². The van der Waals surface area contributed by atoms with Gasteiger partial charge in [-0.15, -0.1) is 0 Å². The third-order valence-electron chi connectivity index (χ3n) is 2.58. The Bertz CT molecular complexity index is 568. The zero-order valence-corrected chi connectivity index (χ0v) is 10.7. The summed E-state index contributed by atoms with van der Waals surface area (Å²) < 4.78 is 5.44. The molecule has 2 rings (SSSR count). The van der Waals surface area contributed by atoms with E-state index < -0.39 is 0 Å². The third kappa shape index (κ3) is 3.25. The number of ether oxygens (including phenoxy) is 1. The lowest BCUT2D eigenvalue weighted by molar-refractivity contribution is 0.102. The van der Waals surface area contributed by atoms with Gasteiger partial charge in [-0.1, -0.05) is 18.2 Å². The molecule has 2 aromatic rings. The highest BCUT2D eigenvalue weighted by Crippen LogP contribution is 2.23. The highest BCUT2D eigenvalue weighted by molar-refractivity contribution is 6.06. The molecule has 0 aromatic heterocycles. The van der Waals surface area contributed by atoms with Crippen molar-refractivity contribution in [2.45, 2.75) is 6.92 Å². The molecular formula is C15H16N2O2. The number of para-hydroxylation sites is 1. The predicted molar refractivity (Wildman–Crippen MR) is 76.4 cm³/mol. The molecule has 98 valence electrons. The first-order chi connectivity index (χ1) is 9.20. The van der Waals surface area contributed by atoms with E-state index in [1.807, 2.05) is 37.3 Å². The Labute approximate surface area is 112 Å². The van der Waals surface area contributed by atoms with Crippen LogP contribution in [0.1, 0.15) is 17.3 Å². The SMILES string of the molecule is CCOc1cc(N)ccc1C(=O)Nc1ccccc1. The summed E-state index contributed by atoms with van der Waals surface area (Å²) >= 11 is 0. The van der Waals surface area contributed by atoms with Crippen molar-refractivity contribution in [3.63, 3.8) is 0 Å². The molecule has 19 heavy (non-hydrogen) atoms. The summed E-state index contributed by atoms with van der Waals surface area (Å²) in [6, 6.07) is 14.3. The molecule has 0 aliphatic rings. The number of amides is 1. The first kappa shape index (κ1) is 13.0. The van der Waals surface area contributed by atoms with Crippen molar-refractivity contribution in [3.05, 3.63) is 54.1 Å². The van der Waals surface area contributed by atoms with Crippen molar-refractivity contribution in [2.24, 2.45) is 0 Å². The van der Waals surface area contributed by atoms with Gasteiger partial charge in [0, 0.05) is 17.4 Å². The number of nitrogens with one attached hydrogen (secondary N) is 1. The summed E-state index contributed by atoms with van der Waals surface area (Å²) in [4.78, 5) is 12.2. The quantitative estimate of drug-likeness (QED) is 0.827. The van der Waals surface area contributed by atoms with E-state index >= 15 is 0 Å². The van der Waals surface area contributed by atoms with Gasteiger partial charge in [-0.25, -0.2) is 0 Å². The van der Waals surface area contributed by atoms with Gasteiger partial charge in [0.1, 0.15) is 5.75 Å². The summed E-state index contributed by atoms with van der Waals surface area (Å²) in [5, 5.41) is 2.82. The van der Waals surface area contributed by atoms with Crippen molar-refractivity contribution in [1.29, 1.82) is 0 Å². The van der Waals surface area contributed by atoms with Crippen LogP contribution in [0, 0.1) is 0 Å². The van der Waals surface area contributed by atoms with Crippen molar-refractivity contribution in [2.75, 3.05) is 17.7 Å². The summed E-state index contributed by atoms with van der Waals surface area (Å²) in [5.74, 6) is 0.283. The number of nitrogen functional groups attached to an aromatic ring is 1. The van der Waals surface area contributed by atoms with Gasteiger partial charge in [-0.3, -0.25) is 4.79 Å². The lowest BCUT2D eigenvalue weighted by Gasteiger charge is -2.11. The Morgan fingerprint density at radius 3 is 2.63 bits per heavy atom. The Hall–Kier alpha value is -2.49. The molecule has 1 amide bonds. The van der Waals surface area contributed by atoms with Crippen LogP contribution in [0.4, 0.5) is 11.4 Å². The maximum absolute atomic E-state index is 12.2. The standard InChI is InChI=1S/C15H16N2O2/c1-2-19-14-10-11(16)8-9-13(14)15(18)17-12-6-4-3-5-7-12/h3-10H,2,16H2,1H3,(H,17,18). The topological polar surface area (TPSA) is 64.3 Å². The number of benzene rings is 2. The van der Waals surface area contributed by atoms with E-state index in [0.29, 0.717) is 23.6 Å². The Morgan fingerprint density at radius 2 is 1.95 bits per heavy atom. The summed E-state index contributed by atoms with van der Waals surface area (Å²) in [7, 11) is 0. The molecule has 0 aliphatic heterocycles. The van der Waals surface area contributed by atoms with Crippen LogP contribution in [0.15, 0.2) is 48.5 Å². The maximum atomic E-state index is 12.2. The van der Waals surface area contributed by atoms with E-state index in [2.05, 4.69) is 5.32 Å². The monoisotopic (exact) mass is 256 g/mol. The Kier molecular flexibility index (Phi) is 4.03. The first-order valence-electron chi connectivity index (χ1n) is 6.09. The first-order valence-corrected chi connectivity index (χ1v) is 6.09. The normalized spacial score (nSPS) is 9.95. The lowest BCUT2D eigenvalue weighted by Crippen LogP contribution is -2.13. The van der Waals surface area contributed by atoms with Crippen molar-refractivity contribution in [1.82, 2.24) is 0 Å². The largest absolute Gasteiger partial charge is 0.493 e. The average molecular weight is 256 g/mol. The minimum absolute atomic E-state index is 0.213. The second kappa shape index (κ2) is 5.91. The number of carbonyl (C=O) groups is 1. The van der Waals surface area contributed by atoms with Crippen LogP contribution >= 0.6 is 0 Å². The molecule has 3 N–H and O–H groups in total. The molecule has 2 aromatic carbocycles. The van der Waals surface area contributed by atoms with Gasteiger partial charge in [0.05, 0.1) is 12.2 Å². The Morgan fingerprint density at radius 1 is 1.21 bits per heavy atom. The molecule has 0 heterocycles. The van der Waals surface area contributed by atoms with Gasteiger partial charge in [0.15, 0.2) is 0 Å². The fourth-order valence-electron chi connectivity index (χ4n) is 1.72. The van der Waals surface area contributed by atoms with Crippen LogP contribution in [-0.4, -0.2) is 12.5 Å². The number of anilines is 2. The van der Waals surface area contributed by atoms with Crippen LogP contribution in [0.25, 0.3) is 0 Å². The number of rotatable bonds is 4. The fraction of sp³-hybridized carbons (Fsp3) is 0.133. The summed E-state index contributed by atoms with van der Waals surface area (Å²) in [6.07, 6.45) is 0. The van der Waals surface area contributed by atoms with Crippen molar-refractivity contribution < 1.29 is 9.53 Å². The molecule has 0 unspecified atom stereocenters. The molecule has 4 heteroatoms. The van der Waals surface area contributed by atoms with Crippen LogP contribution in [-0.2, 0) is 0 Å². The molecule has 0 bridgehead atoms. The number of hydrogen-bond donors (Lipinski definition) is 2. The zero-order chi connectivity index (χ0) is 13.7. The predicted octanol–water partition coefficient (Wildman–Crippen LogP) is 2.92. The minimum atomic E-state index is -0.213. The number of carbonyl (C=O) groups excluding carboxylic acids is 1. The van der Waals surface area contributed by atoms with Gasteiger partial charge in [0.25, 0.3) is 5.91 Å². The Balaban J connectivity index is 2.23. The van der Waals surface area contributed by atoms with Crippen molar-refractivity contribution >= 4 is 17.3 Å². The maximum Gasteiger partial charge on any atom is 0.259 e. The smallest absolute Gasteiger partial charge is 0.259 e. The van der Waals surface area contributed by atoms with Crippen molar-refractivity contribution in [3.8, 4) is 5.75 Å². The van der Waals surface area contributed by atoms with E-state index in [-0.39, 0.29) is 5.91 Å². The molecular weight excluding hydrogens is 240 g/mol. The van der Waals surface area contributed by atoms with Crippen LogP contribution in [0.3, 0.4) is 0 Å². The molecule has 0 radical (unpaired) electrons. The molecule has 0 aliphatic carbocycles. The molecule has 0 spiro atoms. The molecule has 0 fully saturated rings. The van der Waals surface area contributed by atoms with Gasteiger partial charge in [-0.05, 0) is 31.2 Å². The van der Waals surface area contributed by atoms with E-state index in [0.717, 1.165) is 5.69 Å².